The van der Waals surface area contributed by atoms with Gasteiger partial charge in [0.25, 0.3) is 0 Å². The van der Waals surface area contributed by atoms with Crippen molar-refractivity contribution in [1.82, 2.24) is 0 Å². The highest BCUT2D eigenvalue weighted by Gasteiger charge is 2.16. The average molecular weight is 326 g/mol. The molecular weight excluding hydrogens is 300 g/mol. The van der Waals surface area contributed by atoms with Crippen molar-refractivity contribution in [2.45, 2.75) is 12.5 Å². The number of hydrogen-bond acceptors (Lipinski definition) is 2. The van der Waals surface area contributed by atoms with Gasteiger partial charge < -0.3 is 20.1 Å². The SMILES string of the molecule is [CH2-][NH2+]C(=Cc1ccc(OC)cc1)C(Cc1ccc(OC)cc1)[NH2+][CH2-]. The topological polar surface area (TPSA) is 51.7 Å². The fourth-order valence-electron chi connectivity index (χ4n) is 2.56. The van der Waals surface area contributed by atoms with Gasteiger partial charge in [-0.25, -0.2) is 0 Å². The summed E-state index contributed by atoms with van der Waals surface area (Å²) in [5, 5.41) is 3.88. The van der Waals surface area contributed by atoms with Gasteiger partial charge in [-0.1, -0.05) is 24.3 Å². The van der Waals surface area contributed by atoms with Crippen LogP contribution in [-0.2, 0) is 6.42 Å². The minimum Gasteiger partial charge on any atom is -0.497 e. The first kappa shape index (κ1) is 18.0. The molecule has 0 bridgehead atoms. The summed E-state index contributed by atoms with van der Waals surface area (Å²) < 4.78 is 10.4. The first-order valence-corrected chi connectivity index (χ1v) is 7.93. The Balaban J connectivity index is 2.16. The molecule has 0 spiro atoms. The molecule has 0 aliphatic carbocycles. The Hall–Kier alpha value is -2.30. The van der Waals surface area contributed by atoms with Gasteiger partial charge >= 0.3 is 0 Å². The van der Waals surface area contributed by atoms with E-state index in [2.05, 4.69) is 32.3 Å². The summed E-state index contributed by atoms with van der Waals surface area (Å²) in [5.74, 6) is 1.72. The molecule has 2 aromatic rings. The van der Waals surface area contributed by atoms with Crippen molar-refractivity contribution in [3.63, 3.8) is 0 Å². The Bertz CT molecular complexity index is 648. The Morgan fingerprint density at radius 1 is 0.958 bits per heavy atom. The molecule has 0 heterocycles. The molecule has 1 atom stereocenters. The van der Waals surface area contributed by atoms with Crippen LogP contribution in [0.5, 0.6) is 11.5 Å². The molecule has 0 fully saturated rings. The van der Waals surface area contributed by atoms with Gasteiger partial charge in [-0.2, -0.15) is 7.05 Å². The van der Waals surface area contributed by atoms with Crippen molar-refractivity contribution >= 4 is 6.08 Å². The van der Waals surface area contributed by atoms with E-state index in [1.807, 2.05) is 47.0 Å². The molecule has 0 aromatic heterocycles. The van der Waals surface area contributed by atoms with Crippen molar-refractivity contribution in [3.8, 4) is 11.5 Å². The van der Waals surface area contributed by atoms with E-state index in [-0.39, 0.29) is 6.04 Å². The summed E-state index contributed by atoms with van der Waals surface area (Å²) >= 11 is 0. The van der Waals surface area contributed by atoms with E-state index in [1.165, 1.54) is 5.56 Å². The smallest absolute Gasteiger partial charge is 0.138 e. The molecule has 4 heteroatoms. The van der Waals surface area contributed by atoms with E-state index >= 15 is 0 Å². The molecule has 0 amide bonds. The Labute approximate surface area is 144 Å². The van der Waals surface area contributed by atoms with Crippen molar-refractivity contribution in [1.29, 1.82) is 0 Å². The standard InChI is InChI=1S/C20H26N2O2/c1-21-19(13-15-5-9-17(23-3)10-6-15)20(22-2)14-16-7-11-18(24-4)12-8-16/h5-13,20H,1-2,14,21-22H2,3-4H3. The average Bonchev–Trinajstić information content (AvgIpc) is 2.65. The second kappa shape index (κ2) is 9.11. The van der Waals surface area contributed by atoms with Gasteiger partial charge in [-0.3, -0.25) is 0 Å². The lowest BCUT2D eigenvalue weighted by Gasteiger charge is -2.19. The first-order chi connectivity index (χ1) is 11.7. The molecule has 4 N–H and O–H groups in total. The molecule has 0 radical (unpaired) electrons. The Morgan fingerprint density at radius 3 is 1.96 bits per heavy atom. The minimum atomic E-state index is 0.206. The molecule has 2 aromatic carbocycles. The number of rotatable bonds is 8. The summed E-state index contributed by atoms with van der Waals surface area (Å²) in [4.78, 5) is 0. The van der Waals surface area contributed by atoms with Crippen LogP contribution in [0.3, 0.4) is 0 Å². The molecule has 1 unspecified atom stereocenters. The zero-order valence-corrected chi connectivity index (χ0v) is 14.4. The molecule has 0 aliphatic rings. The third kappa shape index (κ3) is 4.85. The lowest BCUT2D eigenvalue weighted by molar-refractivity contribution is -0.666. The predicted molar refractivity (Wildman–Crippen MR) is 96.0 cm³/mol. The summed E-state index contributed by atoms with van der Waals surface area (Å²) in [6, 6.07) is 16.3. The van der Waals surface area contributed by atoms with E-state index in [0.717, 1.165) is 29.2 Å². The van der Waals surface area contributed by atoms with Gasteiger partial charge in [0.2, 0.25) is 0 Å². The summed E-state index contributed by atoms with van der Waals surface area (Å²) in [6.07, 6.45) is 3.02. The maximum Gasteiger partial charge on any atom is 0.138 e. The lowest BCUT2D eigenvalue weighted by atomic mass is 10.0. The van der Waals surface area contributed by atoms with Gasteiger partial charge in [0.1, 0.15) is 23.2 Å². The van der Waals surface area contributed by atoms with Crippen LogP contribution in [0.4, 0.5) is 0 Å². The van der Waals surface area contributed by atoms with Crippen molar-refractivity contribution in [2.24, 2.45) is 0 Å². The minimum absolute atomic E-state index is 0.206. The Kier molecular flexibility index (Phi) is 6.85. The lowest BCUT2D eigenvalue weighted by Crippen LogP contribution is -2.92. The molecule has 2 rings (SSSR count). The zero-order valence-electron chi connectivity index (χ0n) is 14.4. The summed E-state index contributed by atoms with van der Waals surface area (Å²) in [5.41, 5.74) is 3.50. The summed E-state index contributed by atoms with van der Waals surface area (Å²) in [7, 11) is 11.3. The number of ether oxygens (including phenoxy) is 2. The normalized spacial score (nSPS) is 12.8. The molecule has 4 nitrogen and oxygen atoms in total. The highest BCUT2D eigenvalue weighted by molar-refractivity contribution is 5.53. The van der Waals surface area contributed by atoms with Crippen LogP contribution in [0.25, 0.3) is 6.08 Å². The van der Waals surface area contributed by atoms with Gasteiger partial charge in [0.15, 0.2) is 0 Å². The molecule has 0 saturated carbocycles. The van der Waals surface area contributed by atoms with E-state index in [9.17, 15) is 0 Å². The van der Waals surface area contributed by atoms with Crippen LogP contribution in [0, 0.1) is 14.1 Å². The largest absolute Gasteiger partial charge is 0.497 e. The van der Waals surface area contributed by atoms with Crippen LogP contribution in [0.2, 0.25) is 0 Å². The Morgan fingerprint density at radius 2 is 1.50 bits per heavy atom. The van der Waals surface area contributed by atoms with Crippen molar-refractivity contribution in [2.75, 3.05) is 14.2 Å². The van der Waals surface area contributed by atoms with Gasteiger partial charge in [0.05, 0.1) is 14.2 Å². The molecular formula is C20H26N2O2. The number of hydrogen-bond donors (Lipinski definition) is 2. The molecule has 128 valence electrons. The third-order valence-electron chi connectivity index (χ3n) is 4.01. The quantitative estimate of drug-likeness (QED) is 0.720. The van der Waals surface area contributed by atoms with E-state index in [1.54, 1.807) is 14.2 Å². The van der Waals surface area contributed by atoms with E-state index in [4.69, 9.17) is 9.47 Å². The van der Waals surface area contributed by atoms with Crippen molar-refractivity contribution < 1.29 is 20.1 Å². The molecule has 0 saturated heterocycles. The van der Waals surface area contributed by atoms with Gasteiger partial charge in [-0.05, 0) is 35.4 Å². The maximum atomic E-state index is 5.21. The fourth-order valence-corrected chi connectivity index (χ4v) is 2.56. The van der Waals surface area contributed by atoms with Gasteiger partial charge in [-0.15, -0.1) is 7.05 Å². The number of benzene rings is 2. The number of quaternary nitrogens is 2. The van der Waals surface area contributed by atoms with Crippen LogP contribution < -0.4 is 20.1 Å². The highest BCUT2D eigenvalue weighted by Crippen LogP contribution is 2.15. The predicted octanol–water partition coefficient (Wildman–Crippen LogP) is 1.37. The summed E-state index contributed by atoms with van der Waals surface area (Å²) in [6.45, 7) is 0. The number of methoxy groups -OCH3 is 2. The molecule has 24 heavy (non-hydrogen) atoms. The van der Waals surface area contributed by atoms with Crippen molar-refractivity contribution in [3.05, 3.63) is 79.5 Å². The second-order valence-corrected chi connectivity index (χ2v) is 5.52. The number of nitrogens with two attached hydrogens (primary N) is 2. The first-order valence-electron chi connectivity index (χ1n) is 7.93. The second-order valence-electron chi connectivity index (χ2n) is 5.52. The van der Waals surface area contributed by atoms with Crippen LogP contribution in [0.15, 0.2) is 54.2 Å². The fraction of sp³-hybridized carbons (Fsp3) is 0.200. The van der Waals surface area contributed by atoms with E-state index in [0.29, 0.717) is 0 Å². The molecule has 0 aliphatic heterocycles. The van der Waals surface area contributed by atoms with Crippen LogP contribution in [-0.4, -0.2) is 20.3 Å². The van der Waals surface area contributed by atoms with Crippen LogP contribution in [0.1, 0.15) is 11.1 Å². The van der Waals surface area contributed by atoms with Gasteiger partial charge in [0, 0.05) is 12.5 Å². The highest BCUT2D eigenvalue weighted by atomic mass is 16.5. The van der Waals surface area contributed by atoms with Crippen LogP contribution >= 0.6 is 0 Å². The van der Waals surface area contributed by atoms with E-state index < -0.39 is 0 Å². The maximum absolute atomic E-state index is 5.21. The monoisotopic (exact) mass is 326 g/mol. The zero-order chi connectivity index (χ0) is 17.4. The third-order valence-corrected chi connectivity index (χ3v) is 4.01.